The van der Waals surface area contributed by atoms with E-state index in [2.05, 4.69) is 53.5 Å². The summed E-state index contributed by atoms with van der Waals surface area (Å²) in [5, 5.41) is 8.47. The first-order valence-electron chi connectivity index (χ1n) is 11.5. The third kappa shape index (κ3) is 4.43. The number of benzene rings is 2. The van der Waals surface area contributed by atoms with Gasteiger partial charge >= 0.3 is 0 Å². The Balaban J connectivity index is 1.55. The number of hydrogen-bond acceptors (Lipinski definition) is 6. The van der Waals surface area contributed by atoms with E-state index in [-0.39, 0.29) is 12.1 Å². The fourth-order valence-corrected chi connectivity index (χ4v) is 4.80. The van der Waals surface area contributed by atoms with Crippen LogP contribution in [0.3, 0.4) is 0 Å². The first-order chi connectivity index (χ1) is 16.5. The van der Waals surface area contributed by atoms with E-state index in [4.69, 9.17) is 31.2 Å². The van der Waals surface area contributed by atoms with Gasteiger partial charge in [-0.15, -0.1) is 0 Å². The standard InChI is InChI=1S/C26H28N4O3S/c1-16-6-8-18(9-7-16)23-22(17(2)30(26(34)27-23)15-21-5-4-14-32-21)25-28-24(29-33-25)19-10-12-20(31-3)13-11-19/h6-13,21,23H,4-5,14-15H2,1-3H3,(H,27,34). The largest absolute Gasteiger partial charge is 0.497 e. The number of aryl methyl sites for hydroxylation is 1. The SMILES string of the molecule is COc1ccc(-c2noc(C3=C(C)N(CC4CCCO4)C(=S)NC3c3ccc(C)cc3)n2)cc1. The van der Waals surface area contributed by atoms with Crippen molar-refractivity contribution in [2.75, 3.05) is 20.3 Å². The Morgan fingerprint density at radius 3 is 2.56 bits per heavy atom. The molecule has 0 amide bonds. The maximum atomic E-state index is 5.89. The minimum absolute atomic E-state index is 0.157. The number of nitrogens with zero attached hydrogens (tertiary/aromatic N) is 3. The molecule has 1 aromatic heterocycles. The van der Waals surface area contributed by atoms with E-state index in [0.29, 0.717) is 23.4 Å². The average Bonchev–Trinajstić information content (AvgIpc) is 3.54. The van der Waals surface area contributed by atoms with Crippen LogP contribution in [0.5, 0.6) is 5.75 Å². The van der Waals surface area contributed by atoms with Gasteiger partial charge in [-0.1, -0.05) is 35.0 Å². The molecule has 2 unspecified atom stereocenters. The highest BCUT2D eigenvalue weighted by Gasteiger charge is 2.35. The summed E-state index contributed by atoms with van der Waals surface area (Å²) < 4.78 is 17.0. The average molecular weight is 477 g/mol. The van der Waals surface area contributed by atoms with Crippen LogP contribution in [0, 0.1) is 6.92 Å². The predicted molar refractivity (Wildman–Crippen MR) is 134 cm³/mol. The summed E-state index contributed by atoms with van der Waals surface area (Å²) in [5.41, 5.74) is 5.06. The monoisotopic (exact) mass is 476 g/mol. The maximum absolute atomic E-state index is 5.89. The molecule has 0 radical (unpaired) electrons. The molecule has 0 spiro atoms. The van der Waals surface area contributed by atoms with E-state index in [1.54, 1.807) is 7.11 Å². The number of rotatable bonds is 6. The summed E-state index contributed by atoms with van der Waals surface area (Å²) in [4.78, 5) is 6.88. The van der Waals surface area contributed by atoms with Gasteiger partial charge in [0, 0.05) is 17.9 Å². The number of ether oxygens (including phenoxy) is 2. The zero-order valence-corrected chi connectivity index (χ0v) is 20.4. The molecular formula is C26H28N4O3S. The van der Waals surface area contributed by atoms with Crippen LogP contribution in [0.25, 0.3) is 17.0 Å². The van der Waals surface area contributed by atoms with Crippen LogP contribution in [0.4, 0.5) is 0 Å². The number of methoxy groups -OCH3 is 1. The highest BCUT2D eigenvalue weighted by molar-refractivity contribution is 7.80. The van der Waals surface area contributed by atoms with E-state index >= 15 is 0 Å². The maximum Gasteiger partial charge on any atom is 0.258 e. The first-order valence-corrected chi connectivity index (χ1v) is 11.9. The van der Waals surface area contributed by atoms with E-state index in [0.717, 1.165) is 47.6 Å². The molecule has 0 saturated carbocycles. The van der Waals surface area contributed by atoms with E-state index in [1.807, 2.05) is 24.3 Å². The molecule has 5 rings (SSSR count). The molecule has 0 aliphatic carbocycles. The summed E-state index contributed by atoms with van der Waals surface area (Å²) in [6, 6.07) is 15.8. The number of hydrogen-bond donors (Lipinski definition) is 1. The molecule has 3 aromatic rings. The van der Waals surface area contributed by atoms with Gasteiger partial charge < -0.3 is 24.2 Å². The summed E-state index contributed by atoms with van der Waals surface area (Å²) in [7, 11) is 1.64. The van der Waals surface area contributed by atoms with Crippen molar-refractivity contribution in [3.63, 3.8) is 0 Å². The van der Waals surface area contributed by atoms with Crippen molar-refractivity contribution in [1.29, 1.82) is 0 Å². The fraction of sp³-hybridized carbons (Fsp3) is 0.346. The van der Waals surface area contributed by atoms with Crippen molar-refractivity contribution < 1.29 is 14.0 Å². The minimum atomic E-state index is -0.196. The number of aromatic nitrogens is 2. The van der Waals surface area contributed by atoms with Crippen LogP contribution in [0.2, 0.25) is 0 Å². The van der Waals surface area contributed by atoms with Gasteiger partial charge in [-0.25, -0.2) is 0 Å². The Bertz CT molecular complexity index is 1200. The third-order valence-electron chi connectivity index (χ3n) is 6.42. The van der Waals surface area contributed by atoms with Crippen LogP contribution >= 0.6 is 12.2 Å². The van der Waals surface area contributed by atoms with Crippen molar-refractivity contribution in [2.45, 2.75) is 38.8 Å². The predicted octanol–water partition coefficient (Wildman–Crippen LogP) is 4.90. The van der Waals surface area contributed by atoms with Crippen LogP contribution in [0.1, 0.15) is 42.8 Å². The molecule has 1 saturated heterocycles. The Morgan fingerprint density at radius 1 is 1.12 bits per heavy atom. The van der Waals surface area contributed by atoms with Gasteiger partial charge in [0.2, 0.25) is 5.82 Å². The Kier molecular flexibility index (Phi) is 6.34. The Morgan fingerprint density at radius 2 is 1.88 bits per heavy atom. The summed E-state index contributed by atoms with van der Waals surface area (Å²) in [6.07, 6.45) is 2.27. The van der Waals surface area contributed by atoms with E-state index in [1.165, 1.54) is 5.56 Å². The van der Waals surface area contributed by atoms with Gasteiger partial charge in [0.15, 0.2) is 5.11 Å². The topological polar surface area (TPSA) is 72.7 Å². The van der Waals surface area contributed by atoms with Crippen LogP contribution < -0.4 is 10.1 Å². The molecule has 2 atom stereocenters. The fourth-order valence-electron chi connectivity index (χ4n) is 4.47. The zero-order chi connectivity index (χ0) is 23.7. The molecule has 2 aliphatic rings. The zero-order valence-electron chi connectivity index (χ0n) is 19.6. The molecule has 1 fully saturated rings. The van der Waals surface area contributed by atoms with Gasteiger partial charge in [-0.05, 0) is 68.7 Å². The normalized spacial score (nSPS) is 20.6. The van der Waals surface area contributed by atoms with Crippen LogP contribution in [-0.2, 0) is 4.74 Å². The van der Waals surface area contributed by atoms with Crippen molar-refractivity contribution in [1.82, 2.24) is 20.4 Å². The number of nitrogens with one attached hydrogen (secondary N) is 1. The minimum Gasteiger partial charge on any atom is -0.497 e. The second kappa shape index (κ2) is 9.56. The number of allylic oxidation sites excluding steroid dienone is 1. The van der Waals surface area contributed by atoms with Crippen molar-refractivity contribution in [3.8, 4) is 17.1 Å². The van der Waals surface area contributed by atoms with Crippen LogP contribution in [-0.4, -0.2) is 46.5 Å². The molecule has 1 N–H and O–H groups in total. The van der Waals surface area contributed by atoms with Gasteiger partial charge in [0.05, 0.1) is 31.4 Å². The second-order valence-electron chi connectivity index (χ2n) is 8.69. The molecule has 7 nitrogen and oxygen atoms in total. The lowest BCUT2D eigenvalue weighted by molar-refractivity contribution is 0.0962. The smallest absolute Gasteiger partial charge is 0.258 e. The van der Waals surface area contributed by atoms with Crippen LogP contribution in [0.15, 0.2) is 58.8 Å². The van der Waals surface area contributed by atoms with Crippen molar-refractivity contribution in [2.24, 2.45) is 0 Å². The lowest BCUT2D eigenvalue weighted by atomic mass is 9.94. The van der Waals surface area contributed by atoms with Crippen molar-refractivity contribution >= 4 is 22.9 Å². The molecule has 0 bridgehead atoms. The molecule has 3 heterocycles. The van der Waals surface area contributed by atoms with Gasteiger partial charge in [-0.3, -0.25) is 0 Å². The number of thiocarbonyl (C=S) groups is 1. The molecule has 176 valence electrons. The lowest BCUT2D eigenvalue weighted by Crippen LogP contribution is -2.48. The molecule has 2 aromatic carbocycles. The second-order valence-corrected chi connectivity index (χ2v) is 9.08. The Hall–Kier alpha value is -3.23. The van der Waals surface area contributed by atoms with Gasteiger partial charge in [0.1, 0.15) is 5.75 Å². The molecule has 8 heteroatoms. The molecular weight excluding hydrogens is 448 g/mol. The lowest BCUT2D eigenvalue weighted by Gasteiger charge is -2.38. The van der Waals surface area contributed by atoms with Gasteiger partial charge in [0.25, 0.3) is 5.89 Å². The highest BCUT2D eigenvalue weighted by Crippen LogP contribution is 2.38. The summed E-state index contributed by atoms with van der Waals surface area (Å²) >= 11 is 5.80. The third-order valence-corrected chi connectivity index (χ3v) is 6.76. The first kappa shape index (κ1) is 22.6. The highest BCUT2D eigenvalue weighted by atomic mass is 32.1. The quantitative estimate of drug-likeness (QED) is 0.504. The Labute approximate surface area is 204 Å². The van der Waals surface area contributed by atoms with Gasteiger partial charge in [-0.2, -0.15) is 4.98 Å². The van der Waals surface area contributed by atoms with E-state index < -0.39 is 0 Å². The summed E-state index contributed by atoms with van der Waals surface area (Å²) in [6.45, 7) is 5.64. The summed E-state index contributed by atoms with van der Waals surface area (Å²) in [5.74, 6) is 1.78. The van der Waals surface area contributed by atoms with Crippen molar-refractivity contribution in [3.05, 3.63) is 71.2 Å². The molecule has 2 aliphatic heterocycles. The molecule has 34 heavy (non-hydrogen) atoms. The van der Waals surface area contributed by atoms with E-state index in [9.17, 15) is 0 Å².